The molecule has 192 valence electrons. The number of H-pyrrole nitrogens is 1. The number of guanidine groups is 1. The van der Waals surface area contributed by atoms with Gasteiger partial charge in [0.05, 0.1) is 13.7 Å². The largest absolute Gasteiger partial charge is 0.497 e. The van der Waals surface area contributed by atoms with Gasteiger partial charge in [0.25, 0.3) is 5.91 Å². The van der Waals surface area contributed by atoms with E-state index in [4.69, 9.17) is 21.4 Å². The summed E-state index contributed by atoms with van der Waals surface area (Å²) >= 11 is 6.08. The number of benzene rings is 3. The predicted molar refractivity (Wildman–Crippen MR) is 141 cm³/mol. The van der Waals surface area contributed by atoms with Gasteiger partial charge in [-0.1, -0.05) is 53.2 Å². The maximum absolute atomic E-state index is 13.1. The molecule has 12 heteroatoms. The number of hydrogen-bond donors (Lipinski definition) is 3. The number of carbonyl (C=O) groups is 1. The van der Waals surface area contributed by atoms with E-state index in [0.29, 0.717) is 39.0 Å². The Bertz CT molecular complexity index is 1480. The lowest BCUT2D eigenvalue weighted by Gasteiger charge is -2.26. The van der Waals surface area contributed by atoms with Gasteiger partial charge in [-0.2, -0.15) is 10.3 Å². The zero-order chi connectivity index (χ0) is 26.5. The quantitative estimate of drug-likeness (QED) is 0.257. The molecule has 38 heavy (non-hydrogen) atoms. The average molecular weight is 531 g/mol. The fourth-order valence-electron chi connectivity index (χ4n) is 4.02. The monoisotopic (exact) mass is 530 g/mol. The smallest absolute Gasteiger partial charge is 0.258 e. The highest BCUT2D eigenvalue weighted by Crippen LogP contribution is 2.33. The van der Waals surface area contributed by atoms with Crippen molar-refractivity contribution in [1.82, 2.24) is 30.9 Å². The number of hydrogen-bond acceptors (Lipinski definition) is 8. The molecule has 3 aromatic carbocycles. The molecule has 5 rings (SSSR count). The van der Waals surface area contributed by atoms with Gasteiger partial charge in [-0.3, -0.25) is 10.1 Å². The third kappa shape index (κ3) is 5.24. The van der Waals surface area contributed by atoms with E-state index in [1.54, 1.807) is 43.5 Å². The van der Waals surface area contributed by atoms with E-state index in [-0.39, 0.29) is 19.0 Å². The molecular weight excluding hydrogens is 508 g/mol. The Labute approximate surface area is 222 Å². The van der Waals surface area contributed by atoms with Crippen LogP contribution >= 0.6 is 11.6 Å². The Kier molecular flexibility index (Phi) is 7.11. The molecule has 1 aliphatic rings. The van der Waals surface area contributed by atoms with Crippen LogP contribution in [-0.2, 0) is 12.1 Å². The topological polar surface area (TPSA) is 141 Å². The fraction of sp³-hybridized carbons (Fsp3) is 0.154. The van der Waals surface area contributed by atoms with Crippen LogP contribution in [0.1, 0.15) is 27.3 Å². The molecule has 0 spiro atoms. The maximum Gasteiger partial charge on any atom is 0.258 e. The lowest BCUT2D eigenvalue weighted by molar-refractivity contribution is 0.0943. The molecule has 0 saturated heterocycles. The number of hydrazone groups is 1. The molecule has 2 heterocycles. The number of aromatic amines is 1. The average Bonchev–Trinajstić information content (AvgIpc) is 3.60. The summed E-state index contributed by atoms with van der Waals surface area (Å²) in [6.45, 7) is -0.00536. The van der Waals surface area contributed by atoms with Crippen molar-refractivity contribution in [1.29, 1.82) is 0 Å². The Hall–Kier alpha value is -4.61. The number of methoxy groups -OCH3 is 1. The van der Waals surface area contributed by atoms with Gasteiger partial charge < -0.3 is 9.84 Å². The van der Waals surface area contributed by atoms with Gasteiger partial charge in [-0.05, 0) is 48.0 Å². The van der Waals surface area contributed by atoms with Crippen LogP contribution < -0.4 is 10.1 Å². The van der Waals surface area contributed by atoms with Crippen molar-refractivity contribution in [3.63, 3.8) is 0 Å². The van der Waals surface area contributed by atoms with E-state index >= 15 is 0 Å². The number of amides is 1. The number of rotatable bonds is 6. The second kappa shape index (κ2) is 10.8. The first-order valence-corrected chi connectivity index (χ1v) is 12.0. The van der Waals surface area contributed by atoms with Crippen molar-refractivity contribution in [2.24, 2.45) is 10.1 Å². The zero-order valence-corrected chi connectivity index (χ0v) is 21.0. The van der Waals surface area contributed by atoms with E-state index in [1.165, 1.54) is 5.01 Å². The molecule has 1 aliphatic heterocycles. The Morgan fingerprint density at radius 3 is 2.63 bits per heavy atom. The molecule has 0 radical (unpaired) electrons. The first-order chi connectivity index (χ1) is 18.5. The molecule has 11 nitrogen and oxygen atoms in total. The van der Waals surface area contributed by atoms with E-state index in [1.807, 2.05) is 42.5 Å². The number of aliphatic imine (C=N–C) groups is 1. The Balaban J connectivity index is 1.54. The van der Waals surface area contributed by atoms with Gasteiger partial charge in [0.2, 0.25) is 5.96 Å². The summed E-state index contributed by atoms with van der Waals surface area (Å²) in [5.74, 6) is 0.633. The van der Waals surface area contributed by atoms with E-state index in [9.17, 15) is 9.90 Å². The third-order valence-electron chi connectivity index (χ3n) is 5.92. The van der Waals surface area contributed by atoms with E-state index in [2.05, 4.69) is 30.9 Å². The molecule has 0 bridgehead atoms. The lowest BCUT2D eigenvalue weighted by Crippen LogP contribution is -2.45. The number of carbonyl (C=O) groups excluding carboxylic acids is 1. The van der Waals surface area contributed by atoms with Gasteiger partial charge in [-0.15, -0.1) is 10.2 Å². The summed E-state index contributed by atoms with van der Waals surface area (Å²) in [6.07, 6.45) is 0. The van der Waals surface area contributed by atoms with Gasteiger partial charge in [0.1, 0.15) is 18.0 Å². The maximum atomic E-state index is 13.1. The summed E-state index contributed by atoms with van der Waals surface area (Å²) < 4.78 is 5.28. The summed E-state index contributed by atoms with van der Waals surface area (Å²) in [5.41, 5.74) is 0.523. The van der Waals surface area contributed by atoms with E-state index < -0.39 is 11.5 Å². The minimum atomic E-state index is -1.51. The second-order valence-electron chi connectivity index (χ2n) is 8.39. The highest BCUT2D eigenvalue weighted by atomic mass is 35.5. The molecular formula is C26H23ClN8O3. The van der Waals surface area contributed by atoms with Crippen LogP contribution in [0, 0.1) is 0 Å². The summed E-state index contributed by atoms with van der Waals surface area (Å²) in [4.78, 5) is 17.6. The minimum absolute atomic E-state index is 0.00924. The van der Waals surface area contributed by atoms with Gasteiger partial charge in [0.15, 0.2) is 11.4 Å². The second-order valence-corrected chi connectivity index (χ2v) is 8.83. The van der Waals surface area contributed by atoms with Crippen LogP contribution in [0.3, 0.4) is 0 Å². The molecule has 1 atom stereocenters. The van der Waals surface area contributed by atoms with Crippen molar-refractivity contribution in [3.05, 3.63) is 106 Å². The van der Waals surface area contributed by atoms with Crippen LogP contribution in [0.4, 0.5) is 0 Å². The van der Waals surface area contributed by atoms with Crippen molar-refractivity contribution in [2.45, 2.75) is 12.1 Å². The van der Waals surface area contributed by atoms with Gasteiger partial charge in [-0.25, -0.2) is 10.0 Å². The molecule has 0 fully saturated rings. The predicted octanol–water partition coefficient (Wildman–Crippen LogP) is 2.76. The summed E-state index contributed by atoms with van der Waals surface area (Å²) in [7, 11) is 1.58. The molecule has 1 aromatic heterocycles. The number of halogens is 1. The van der Waals surface area contributed by atoms with Crippen LogP contribution in [-0.4, -0.2) is 62.0 Å². The molecule has 0 saturated carbocycles. The minimum Gasteiger partial charge on any atom is -0.497 e. The number of aromatic nitrogens is 4. The van der Waals surface area contributed by atoms with Crippen LogP contribution in [0.15, 0.2) is 89.0 Å². The summed E-state index contributed by atoms with van der Waals surface area (Å²) in [5, 5.41) is 35.2. The number of tetrazole rings is 1. The highest BCUT2D eigenvalue weighted by molar-refractivity contribution is 6.31. The standard InChI is InChI=1S/C26H23ClN8O3/c1-38-21-12-10-17(11-13-21)23-26(37,19-7-3-2-4-8-19)16-35(32-23)25(28-15-22-30-33-34-31-22)29-24(36)18-6-5-9-20(27)14-18/h2-14,37H,15-16H2,1H3,(H,28,29,36)(H,30,31,33,34). The van der Waals surface area contributed by atoms with Crippen molar-refractivity contribution >= 4 is 29.2 Å². The third-order valence-corrected chi connectivity index (χ3v) is 6.16. The number of nitrogens with zero attached hydrogens (tertiary/aromatic N) is 6. The van der Waals surface area contributed by atoms with Crippen LogP contribution in [0.5, 0.6) is 5.75 Å². The van der Waals surface area contributed by atoms with Crippen molar-refractivity contribution < 1.29 is 14.6 Å². The Morgan fingerprint density at radius 2 is 1.95 bits per heavy atom. The Morgan fingerprint density at radius 1 is 1.16 bits per heavy atom. The number of β-amino-alcohol motifs (C(OH)–C–C–N with tert-alkyl or cyclic N) is 1. The SMILES string of the molecule is COc1ccc(C2=NN(C(=NCc3nn[nH]n3)NC(=O)c3cccc(Cl)c3)CC2(O)c2ccccc2)cc1. The lowest BCUT2D eigenvalue weighted by atomic mass is 9.86. The van der Waals surface area contributed by atoms with E-state index in [0.717, 1.165) is 0 Å². The fourth-order valence-corrected chi connectivity index (χ4v) is 4.21. The highest BCUT2D eigenvalue weighted by Gasteiger charge is 2.44. The molecule has 0 aliphatic carbocycles. The van der Waals surface area contributed by atoms with Gasteiger partial charge in [0, 0.05) is 16.1 Å². The molecule has 4 aromatic rings. The molecule has 1 unspecified atom stereocenters. The van der Waals surface area contributed by atoms with Gasteiger partial charge >= 0.3 is 0 Å². The molecule has 1 amide bonds. The number of aliphatic hydroxyl groups is 1. The van der Waals surface area contributed by atoms with Crippen LogP contribution in [0.25, 0.3) is 0 Å². The molecule has 3 N–H and O–H groups in total. The van der Waals surface area contributed by atoms with Crippen molar-refractivity contribution in [2.75, 3.05) is 13.7 Å². The normalized spacial score (nSPS) is 17.3. The zero-order valence-electron chi connectivity index (χ0n) is 20.2. The van der Waals surface area contributed by atoms with Crippen LogP contribution in [0.2, 0.25) is 5.02 Å². The first-order valence-electron chi connectivity index (χ1n) is 11.6. The number of nitrogens with one attached hydrogen (secondary N) is 2. The van der Waals surface area contributed by atoms with Crippen molar-refractivity contribution in [3.8, 4) is 5.75 Å². The number of ether oxygens (including phenoxy) is 1. The summed E-state index contributed by atoms with van der Waals surface area (Å²) in [6, 6.07) is 22.9. The first kappa shape index (κ1) is 25.1.